The summed E-state index contributed by atoms with van der Waals surface area (Å²) in [5, 5.41) is 3.95. The molecule has 0 saturated heterocycles. The first-order chi connectivity index (χ1) is 16.5. The predicted molar refractivity (Wildman–Crippen MR) is 134 cm³/mol. The van der Waals surface area contributed by atoms with Gasteiger partial charge in [0.2, 0.25) is 0 Å². The van der Waals surface area contributed by atoms with Crippen molar-refractivity contribution in [3.63, 3.8) is 0 Å². The summed E-state index contributed by atoms with van der Waals surface area (Å²) in [7, 11) is 1.77. The van der Waals surface area contributed by atoms with Crippen LogP contribution in [0.25, 0.3) is 0 Å². The molecule has 0 radical (unpaired) electrons. The van der Waals surface area contributed by atoms with Crippen molar-refractivity contribution in [3.8, 4) is 5.75 Å². The summed E-state index contributed by atoms with van der Waals surface area (Å²) < 4.78 is 5.48. The van der Waals surface area contributed by atoms with Crippen LogP contribution in [-0.2, 0) is 16.0 Å². The van der Waals surface area contributed by atoms with Crippen molar-refractivity contribution >= 4 is 11.8 Å². The largest absolute Gasteiger partial charge is 0.497 e. The molecule has 5 heteroatoms. The molecule has 0 unspecified atom stereocenters. The quantitative estimate of drug-likeness (QED) is 0.413. The standard InChI is InChI=1S/C29H40N2O3/c1-29-16-15-23-22-10-8-21(34-2)19-20(22)7-9-24(23)25(29)11-12-26(29)30-17-5-3-4-6-18-31-27(32)13-14-28(31)33/h8,10,13-14,19,23-26,30H,3-7,9,11-12,15-18H2,1-2H3/t23-,24-,25+,26-,29-/m0/s1. The SMILES string of the molecule is COc1ccc2c(c1)CC[C@@H]1[C@H]3CC[C@H](NCCCCCCN4C(=O)C=CC4=O)[C@@]3(C)CC[C@@H]21. The Hall–Kier alpha value is -2.14. The van der Waals surface area contributed by atoms with E-state index in [1.54, 1.807) is 12.7 Å². The smallest absolute Gasteiger partial charge is 0.253 e. The molecule has 34 heavy (non-hydrogen) atoms. The number of nitrogens with zero attached hydrogens (tertiary/aromatic N) is 1. The van der Waals surface area contributed by atoms with Gasteiger partial charge in [0.25, 0.3) is 11.8 Å². The number of methoxy groups -OCH3 is 1. The van der Waals surface area contributed by atoms with Crippen LogP contribution in [0.15, 0.2) is 30.4 Å². The molecule has 2 amide bonds. The van der Waals surface area contributed by atoms with E-state index in [-0.39, 0.29) is 11.8 Å². The third kappa shape index (κ3) is 4.32. The van der Waals surface area contributed by atoms with E-state index in [1.807, 2.05) is 0 Å². The fourth-order valence-corrected chi connectivity index (χ4v) is 7.70. The number of carbonyl (C=O) groups is 2. The summed E-state index contributed by atoms with van der Waals surface area (Å²) in [6.07, 6.45) is 14.9. The Kier molecular flexibility index (Phi) is 6.83. The highest BCUT2D eigenvalue weighted by atomic mass is 16.5. The molecule has 3 aliphatic carbocycles. The molecule has 5 atom stereocenters. The molecule has 1 aromatic carbocycles. The second kappa shape index (κ2) is 9.85. The topological polar surface area (TPSA) is 58.6 Å². The van der Waals surface area contributed by atoms with Crippen LogP contribution in [0.1, 0.15) is 81.8 Å². The maximum absolute atomic E-state index is 11.6. The van der Waals surface area contributed by atoms with Gasteiger partial charge in [0.05, 0.1) is 7.11 Å². The highest BCUT2D eigenvalue weighted by molar-refractivity contribution is 6.12. The zero-order valence-corrected chi connectivity index (χ0v) is 20.9. The molecule has 0 spiro atoms. The first-order valence-corrected chi connectivity index (χ1v) is 13.4. The van der Waals surface area contributed by atoms with Crippen molar-refractivity contribution in [2.24, 2.45) is 17.3 Å². The van der Waals surface area contributed by atoms with E-state index in [1.165, 1.54) is 67.6 Å². The van der Waals surface area contributed by atoms with Gasteiger partial charge in [-0.15, -0.1) is 0 Å². The summed E-state index contributed by atoms with van der Waals surface area (Å²) in [6.45, 7) is 4.20. The van der Waals surface area contributed by atoms with E-state index in [9.17, 15) is 9.59 Å². The molecular weight excluding hydrogens is 424 g/mol. The van der Waals surface area contributed by atoms with E-state index in [2.05, 4.69) is 30.4 Å². The number of hydrogen-bond donors (Lipinski definition) is 1. The van der Waals surface area contributed by atoms with Crippen LogP contribution in [-0.4, -0.2) is 43.0 Å². The van der Waals surface area contributed by atoms with Crippen molar-refractivity contribution in [1.82, 2.24) is 10.2 Å². The van der Waals surface area contributed by atoms with Gasteiger partial charge in [0.15, 0.2) is 0 Å². The summed E-state index contributed by atoms with van der Waals surface area (Å²) in [5.41, 5.74) is 3.55. The summed E-state index contributed by atoms with van der Waals surface area (Å²) in [5.74, 6) is 3.08. The van der Waals surface area contributed by atoms with Gasteiger partial charge in [-0.1, -0.05) is 25.8 Å². The molecule has 4 aliphatic rings. The second-order valence-corrected chi connectivity index (χ2v) is 11.2. The molecule has 5 nitrogen and oxygen atoms in total. The fourth-order valence-electron chi connectivity index (χ4n) is 7.70. The molecule has 2 saturated carbocycles. The van der Waals surface area contributed by atoms with Gasteiger partial charge >= 0.3 is 0 Å². The van der Waals surface area contributed by atoms with Crippen LogP contribution < -0.4 is 10.1 Å². The number of amides is 2. The lowest BCUT2D eigenvalue weighted by atomic mass is 9.55. The van der Waals surface area contributed by atoms with E-state index in [4.69, 9.17) is 4.74 Å². The van der Waals surface area contributed by atoms with Crippen molar-refractivity contribution in [3.05, 3.63) is 41.5 Å². The van der Waals surface area contributed by atoms with Crippen LogP contribution in [0.2, 0.25) is 0 Å². The number of hydrogen-bond acceptors (Lipinski definition) is 4. The highest BCUT2D eigenvalue weighted by Crippen LogP contribution is 2.61. The van der Waals surface area contributed by atoms with Gasteiger partial charge in [-0.25, -0.2) is 0 Å². The zero-order valence-electron chi connectivity index (χ0n) is 20.9. The first kappa shape index (κ1) is 23.6. The van der Waals surface area contributed by atoms with Crippen LogP contribution in [0.4, 0.5) is 0 Å². The van der Waals surface area contributed by atoms with Crippen LogP contribution in [0.3, 0.4) is 0 Å². The number of nitrogens with one attached hydrogen (secondary N) is 1. The van der Waals surface area contributed by atoms with Gasteiger partial charge in [-0.3, -0.25) is 14.5 Å². The van der Waals surface area contributed by atoms with E-state index >= 15 is 0 Å². The molecule has 1 aliphatic heterocycles. The maximum Gasteiger partial charge on any atom is 0.253 e. The number of unbranched alkanes of at least 4 members (excludes halogenated alkanes) is 3. The van der Waals surface area contributed by atoms with E-state index < -0.39 is 0 Å². The average Bonchev–Trinajstić information content (AvgIpc) is 3.36. The van der Waals surface area contributed by atoms with Crippen molar-refractivity contribution in [2.75, 3.05) is 20.2 Å². The van der Waals surface area contributed by atoms with Crippen LogP contribution in [0, 0.1) is 17.3 Å². The summed E-state index contributed by atoms with van der Waals surface area (Å²) in [4.78, 5) is 24.6. The monoisotopic (exact) mass is 464 g/mol. The summed E-state index contributed by atoms with van der Waals surface area (Å²) in [6, 6.07) is 7.42. The molecule has 1 heterocycles. The Bertz CT molecular complexity index is 939. The lowest BCUT2D eigenvalue weighted by molar-refractivity contribution is -0.136. The second-order valence-electron chi connectivity index (χ2n) is 11.2. The fraction of sp³-hybridized carbons (Fsp3) is 0.655. The number of fused-ring (bicyclic) bond motifs is 5. The molecule has 184 valence electrons. The van der Waals surface area contributed by atoms with Gasteiger partial charge in [-0.2, -0.15) is 0 Å². The molecule has 2 fully saturated rings. The molecular formula is C29H40N2O3. The zero-order chi connectivity index (χ0) is 23.7. The predicted octanol–water partition coefficient (Wildman–Crippen LogP) is 4.99. The Morgan fingerprint density at radius 2 is 1.82 bits per heavy atom. The van der Waals surface area contributed by atoms with E-state index in [0.29, 0.717) is 18.0 Å². The van der Waals surface area contributed by atoms with Crippen LogP contribution >= 0.6 is 0 Å². The van der Waals surface area contributed by atoms with Gasteiger partial charge in [-0.05, 0) is 104 Å². The Morgan fingerprint density at radius 3 is 2.62 bits per heavy atom. The molecule has 1 N–H and O–H groups in total. The van der Waals surface area contributed by atoms with Gasteiger partial charge in [0.1, 0.15) is 5.75 Å². The number of benzene rings is 1. The van der Waals surface area contributed by atoms with Crippen molar-refractivity contribution < 1.29 is 14.3 Å². The number of carbonyl (C=O) groups excluding carboxylic acids is 2. The number of imide groups is 1. The molecule has 0 bridgehead atoms. The normalized spacial score (nSPS) is 32.0. The van der Waals surface area contributed by atoms with E-state index in [0.717, 1.165) is 49.3 Å². The lowest BCUT2D eigenvalue weighted by Gasteiger charge is -2.51. The Labute approximate surface area is 204 Å². The molecule has 1 aromatic rings. The van der Waals surface area contributed by atoms with Crippen molar-refractivity contribution in [1.29, 1.82) is 0 Å². The molecule has 5 rings (SSSR count). The highest BCUT2D eigenvalue weighted by Gasteiger charge is 2.54. The van der Waals surface area contributed by atoms with Crippen LogP contribution in [0.5, 0.6) is 5.75 Å². The van der Waals surface area contributed by atoms with Crippen molar-refractivity contribution in [2.45, 2.75) is 83.1 Å². The third-order valence-corrected chi connectivity index (χ3v) is 9.53. The molecule has 0 aromatic heterocycles. The lowest BCUT2D eigenvalue weighted by Crippen LogP contribution is -2.48. The first-order valence-electron chi connectivity index (χ1n) is 13.4. The minimum absolute atomic E-state index is 0.161. The Balaban J connectivity index is 1.08. The average molecular weight is 465 g/mol. The third-order valence-electron chi connectivity index (χ3n) is 9.53. The number of aryl methyl sites for hydroxylation is 1. The maximum atomic E-state index is 11.6. The Morgan fingerprint density at radius 1 is 1.03 bits per heavy atom. The number of rotatable bonds is 9. The van der Waals surface area contributed by atoms with Gasteiger partial charge < -0.3 is 10.1 Å². The summed E-state index contributed by atoms with van der Waals surface area (Å²) >= 11 is 0. The van der Waals surface area contributed by atoms with Gasteiger partial charge in [0, 0.05) is 24.7 Å². The minimum atomic E-state index is -0.161. The number of ether oxygens (including phenoxy) is 1. The minimum Gasteiger partial charge on any atom is -0.497 e.